The van der Waals surface area contributed by atoms with Crippen LogP contribution in [0.25, 0.3) is 11.3 Å². The van der Waals surface area contributed by atoms with E-state index < -0.39 is 17.7 Å². The zero-order valence-corrected chi connectivity index (χ0v) is 14.1. The Balaban J connectivity index is 2.08. The van der Waals surface area contributed by atoms with Gasteiger partial charge in [-0.05, 0) is 37.0 Å². The Morgan fingerprint density at radius 3 is 2.58 bits per heavy atom. The number of nitrogens with zero attached hydrogens (tertiary/aromatic N) is 3. The quantitative estimate of drug-likeness (QED) is 0.734. The molecule has 0 saturated heterocycles. The van der Waals surface area contributed by atoms with Crippen molar-refractivity contribution in [3.8, 4) is 11.3 Å². The number of anilines is 1. The third-order valence-corrected chi connectivity index (χ3v) is 4.18. The highest BCUT2D eigenvalue weighted by Crippen LogP contribution is 2.39. The minimum Gasteiger partial charge on any atom is -0.310 e. The zero-order valence-electron chi connectivity index (χ0n) is 14.1. The van der Waals surface area contributed by atoms with Gasteiger partial charge in [0.15, 0.2) is 5.69 Å². The maximum Gasteiger partial charge on any atom is 0.435 e. The molecule has 0 aromatic carbocycles. The summed E-state index contributed by atoms with van der Waals surface area (Å²) in [5, 5.41) is 0. The molecule has 1 saturated carbocycles. The summed E-state index contributed by atoms with van der Waals surface area (Å²) in [5.41, 5.74) is -1.33. The van der Waals surface area contributed by atoms with Gasteiger partial charge in [-0.2, -0.15) is 13.2 Å². The van der Waals surface area contributed by atoms with Crippen LogP contribution >= 0.6 is 0 Å². The van der Waals surface area contributed by atoms with E-state index in [-0.39, 0.29) is 41.7 Å². The summed E-state index contributed by atoms with van der Waals surface area (Å²) in [6, 6.07) is 3.64. The van der Waals surface area contributed by atoms with Crippen LogP contribution in [0, 0.1) is 11.7 Å². The SMILES string of the molecule is CCC(=O)N(CC1CC1)c1ccc(-c2cncc(F)c2)nc1C(F)(F)F. The standard InChI is InChI=1S/C18H17F4N3O/c1-2-16(26)25(10-11-3-4-11)15-6-5-14(24-17(15)18(20,21)22)12-7-13(19)9-23-8-12/h5-9,11H,2-4,10H2,1H3. The number of pyridine rings is 2. The zero-order chi connectivity index (χ0) is 18.9. The highest BCUT2D eigenvalue weighted by Gasteiger charge is 2.39. The van der Waals surface area contributed by atoms with Crippen LogP contribution in [-0.4, -0.2) is 22.4 Å². The second-order valence-corrected chi connectivity index (χ2v) is 6.26. The number of rotatable bonds is 5. The van der Waals surface area contributed by atoms with Crippen molar-refractivity contribution in [3.63, 3.8) is 0 Å². The molecule has 1 aliphatic rings. The highest BCUT2D eigenvalue weighted by atomic mass is 19.4. The fourth-order valence-electron chi connectivity index (χ4n) is 2.67. The van der Waals surface area contributed by atoms with Gasteiger partial charge in [-0.1, -0.05) is 6.92 Å². The fraction of sp³-hybridized carbons (Fsp3) is 0.389. The van der Waals surface area contributed by atoms with Gasteiger partial charge in [0.25, 0.3) is 0 Å². The monoisotopic (exact) mass is 367 g/mol. The van der Waals surface area contributed by atoms with Crippen LogP contribution in [-0.2, 0) is 11.0 Å². The van der Waals surface area contributed by atoms with Gasteiger partial charge in [0.2, 0.25) is 5.91 Å². The summed E-state index contributed by atoms with van der Waals surface area (Å²) in [6.45, 7) is 1.86. The van der Waals surface area contributed by atoms with Gasteiger partial charge in [-0.25, -0.2) is 9.37 Å². The Labute approximate surface area is 147 Å². The van der Waals surface area contributed by atoms with E-state index in [1.807, 2.05) is 0 Å². The van der Waals surface area contributed by atoms with Gasteiger partial charge < -0.3 is 4.90 Å². The molecule has 138 valence electrons. The lowest BCUT2D eigenvalue weighted by molar-refractivity contribution is -0.140. The van der Waals surface area contributed by atoms with E-state index >= 15 is 0 Å². The molecule has 1 fully saturated rings. The van der Waals surface area contributed by atoms with E-state index in [0.29, 0.717) is 0 Å². The number of aromatic nitrogens is 2. The van der Waals surface area contributed by atoms with Crippen molar-refractivity contribution in [2.45, 2.75) is 32.4 Å². The molecule has 0 bridgehead atoms. The van der Waals surface area contributed by atoms with Crippen molar-refractivity contribution >= 4 is 11.6 Å². The number of hydrogen-bond acceptors (Lipinski definition) is 3. The highest BCUT2D eigenvalue weighted by molar-refractivity contribution is 5.94. The summed E-state index contributed by atoms with van der Waals surface area (Å²) in [5.74, 6) is -0.832. The Morgan fingerprint density at radius 2 is 2.00 bits per heavy atom. The fourth-order valence-corrected chi connectivity index (χ4v) is 2.67. The number of halogens is 4. The normalized spacial score (nSPS) is 14.3. The average Bonchev–Trinajstić information content (AvgIpc) is 3.42. The van der Waals surface area contributed by atoms with Crippen molar-refractivity contribution in [3.05, 3.63) is 42.1 Å². The summed E-state index contributed by atoms with van der Waals surface area (Å²) in [6.07, 6.45) is -0.656. The summed E-state index contributed by atoms with van der Waals surface area (Å²) < 4.78 is 54.2. The molecule has 2 aromatic heterocycles. The molecule has 26 heavy (non-hydrogen) atoms. The first-order valence-corrected chi connectivity index (χ1v) is 8.29. The van der Waals surface area contributed by atoms with E-state index in [2.05, 4.69) is 9.97 Å². The third kappa shape index (κ3) is 4.00. The molecule has 1 aliphatic carbocycles. The third-order valence-electron chi connectivity index (χ3n) is 4.18. The van der Waals surface area contributed by atoms with E-state index in [9.17, 15) is 22.4 Å². The molecule has 2 heterocycles. The first-order chi connectivity index (χ1) is 12.3. The van der Waals surface area contributed by atoms with Gasteiger partial charge in [0.1, 0.15) is 5.82 Å². The Kier molecular flexibility index (Phi) is 4.93. The van der Waals surface area contributed by atoms with E-state index in [1.165, 1.54) is 23.2 Å². The van der Waals surface area contributed by atoms with E-state index in [0.717, 1.165) is 25.1 Å². The minimum absolute atomic E-state index is 0.0524. The molecule has 0 unspecified atom stereocenters. The first kappa shape index (κ1) is 18.3. The molecule has 4 nitrogen and oxygen atoms in total. The van der Waals surface area contributed by atoms with Crippen molar-refractivity contribution in [1.82, 2.24) is 9.97 Å². The topological polar surface area (TPSA) is 46.1 Å². The second kappa shape index (κ2) is 7.01. The largest absolute Gasteiger partial charge is 0.435 e. The van der Waals surface area contributed by atoms with Crippen molar-refractivity contribution in [2.75, 3.05) is 11.4 Å². The maximum absolute atomic E-state index is 13.6. The van der Waals surface area contributed by atoms with Gasteiger partial charge in [-0.3, -0.25) is 9.78 Å². The molecule has 2 aromatic rings. The molecule has 0 radical (unpaired) electrons. The molecule has 0 spiro atoms. The van der Waals surface area contributed by atoms with Gasteiger partial charge in [0, 0.05) is 24.7 Å². The molecule has 0 atom stereocenters. The van der Waals surface area contributed by atoms with Crippen LogP contribution < -0.4 is 4.90 Å². The second-order valence-electron chi connectivity index (χ2n) is 6.26. The number of alkyl halides is 3. The average molecular weight is 367 g/mol. The molecule has 8 heteroatoms. The smallest absolute Gasteiger partial charge is 0.310 e. The Bertz CT molecular complexity index is 818. The van der Waals surface area contributed by atoms with Crippen molar-refractivity contribution in [1.29, 1.82) is 0 Å². The number of amides is 1. The molecule has 0 N–H and O–H groups in total. The Hall–Kier alpha value is -2.51. The van der Waals surface area contributed by atoms with Crippen LogP contribution in [0.4, 0.5) is 23.2 Å². The van der Waals surface area contributed by atoms with Gasteiger partial charge in [-0.15, -0.1) is 0 Å². The van der Waals surface area contributed by atoms with Crippen LogP contribution in [0.3, 0.4) is 0 Å². The predicted octanol–water partition coefficient (Wildman–Crippen LogP) is 4.45. The Morgan fingerprint density at radius 1 is 1.27 bits per heavy atom. The van der Waals surface area contributed by atoms with Gasteiger partial charge in [0.05, 0.1) is 17.6 Å². The summed E-state index contributed by atoms with van der Waals surface area (Å²) in [7, 11) is 0. The van der Waals surface area contributed by atoms with Gasteiger partial charge >= 0.3 is 6.18 Å². The minimum atomic E-state index is -4.75. The lowest BCUT2D eigenvalue weighted by Crippen LogP contribution is -2.34. The lowest BCUT2D eigenvalue weighted by Gasteiger charge is -2.25. The van der Waals surface area contributed by atoms with Crippen LogP contribution in [0.1, 0.15) is 31.9 Å². The number of carbonyl (C=O) groups is 1. The summed E-state index contributed by atoms with van der Waals surface area (Å²) in [4.78, 5) is 20.7. The predicted molar refractivity (Wildman–Crippen MR) is 87.8 cm³/mol. The van der Waals surface area contributed by atoms with Crippen LogP contribution in [0.15, 0.2) is 30.6 Å². The summed E-state index contributed by atoms with van der Waals surface area (Å²) >= 11 is 0. The van der Waals surface area contributed by atoms with Crippen molar-refractivity contribution < 1.29 is 22.4 Å². The molecular formula is C18H17F4N3O. The number of hydrogen-bond donors (Lipinski definition) is 0. The van der Waals surface area contributed by atoms with E-state index in [1.54, 1.807) is 6.92 Å². The molecular weight excluding hydrogens is 350 g/mol. The number of carbonyl (C=O) groups excluding carboxylic acids is 1. The first-order valence-electron chi connectivity index (χ1n) is 8.29. The van der Waals surface area contributed by atoms with E-state index in [4.69, 9.17) is 0 Å². The molecule has 3 rings (SSSR count). The molecule has 0 aliphatic heterocycles. The molecule has 1 amide bonds. The van der Waals surface area contributed by atoms with Crippen molar-refractivity contribution in [2.24, 2.45) is 5.92 Å². The van der Waals surface area contributed by atoms with Crippen LogP contribution in [0.2, 0.25) is 0 Å². The lowest BCUT2D eigenvalue weighted by atomic mass is 10.1. The maximum atomic E-state index is 13.6. The van der Waals surface area contributed by atoms with Crippen LogP contribution in [0.5, 0.6) is 0 Å².